The molecule has 4 nitrogen and oxygen atoms in total. The molecule has 1 saturated carbocycles. The van der Waals surface area contributed by atoms with Crippen LogP contribution in [0.15, 0.2) is 12.1 Å². The minimum atomic E-state index is -0.360. The van der Waals surface area contributed by atoms with Crippen molar-refractivity contribution in [1.29, 1.82) is 0 Å². The molecule has 2 fully saturated rings. The van der Waals surface area contributed by atoms with Crippen molar-refractivity contribution in [2.75, 3.05) is 13.1 Å². The fraction of sp³-hybridized carbons (Fsp3) is 0.636. The van der Waals surface area contributed by atoms with Gasteiger partial charge in [0.1, 0.15) is 11.4 Å². The topological polar surface area (TPSA) is 41.6 Å². The van der Waals surface area contributed by atoms with Crippen molar-refractivity contribution in [2.24, 2.45) is 0 Å². The standard InChI is InChI=1S/C22H30N2O2S/c1-15-12-16(2)20-18(25)14-22(26-19(20)13-15)8-10-24(11-9-22)21(27)23-17-6-4-3-5-7-17/h12-13,17H,3-11,14H2,1-2H3,(H,23,27). The van der Waals surface area contributed by atoms with Gasteiger partial charge in [-0.15, -0.1) is 0 Å². The van der Waals surface area contributed by atoms with Crippen LogP contribution in [-0.2, 0) is 0 Å². The Morgan fingerprint density at radius 2 is 1.89 bits per heavy atom. The normalized spacial score (nSPS) is 22.3. The van der Waals surface area contributed by atoms with Crippen LogP contribution in [-0.4, -0.2) is 40.5 Å². The van der Waals surface area contributed by atoms with Crippen LogP contribution in [0.3, 0.4) is 0 Å². The predicted molar refractivity (Wildman–Crippen MR) is 112 cm³/mol. The fourth-order valence-electron chi connectivity index (χ4n) is 4.93. The summed E-state index contributed by atoms with van der Waals surface area (Å²) in [5, 5.41) is 4.45. The molecular weight excluding hydrogens is 356 g/mol. The van der Waals surface area contributed by atoms with Crippen molar-refractivity contribution >= 4 is 23.1 Å². The summed E-state index contributed by atoms with van der Waals surface area (Å²) in [5.41, 5.74) is 2.59. The zero-order chi connectivity index (χ0) is 19.0. The molecule has 3 aliphatic rings. The number of hydrogen-bond donors (Lipinski definition) is 1. The minimum Gasteiger partial charge on any atom is -0.486 e. The maximum atomic E-state index is 12.8. The van der Waals surface area contributed by atoms with Gasteiger partial charge in [-0.3, -0.25) is 4.79 Å². The molecular formula is C22H30N2O2S. The van der Waals surface area contributed by atoms with Gasteiger partial charge < -0.3 is 15.0 Å². The number of likely N-dealkylation sites (tertiary alicyclic amines) is 1. The second-order valence-electron chi connectivity index (χ2n) is 8.61. The number of fused-ring (bicyclic) bond motifs is 1. The zero-order valence-corrected chi connectivity index (χ0v) is 17.3. The first-order valence-corrected chi connectivity index (χ1v) is 10.8. The van der Waals surface area contributed by atoms with E-state index in [0.29, 0.717) is 12.5 Å². The number of piperidine rings is 1. The number of nitrogens with zero attached hydrogens (tertiary/aromatic N) is 1. The minimum absolute atomic E-state index is 0.227. The average Bonchev–Trinajstić information content (AvgIpc) is 2.62. The van der Waals surface area contributed by atoms with Gasteiger partial charge in [-0.2, -0.15) is 0 Å². The van der Waals surface area contributed by atoms with Gasteiger partial charge in [-0.05, 0) is 56.1 Å². The number of benzene rings is 1. The van der Waals surface area contributed by atoms with E-state index in [1.54, 1.807) is 0 Å². The van der Waals surface area contributed by atoms with Crippen LogP contribution < -0.4 is 10.1 Å². The van der Waals surface area contributed by atoms with Gasteiger partial charge in [-0.25, -0.2) is 0 Å². The lowest BCUT2D eigenvalue weighted by molar-refractivity contribution is 0.00334. The molecule has 5 heteroatoms. The van der Waals surface area contributed by atoms with E-state index in [-0.39, 0.29) is 11.4 Å². The number of aryl methyl sites for hydroxylation is 2. The van der Waals surface area contributed by atoms with E-state index in [4.69, 9.17) is 17.0 Å². The second kappa shape index (κ2) is 7.42. The number of nitrogens with one attached hydrogen (secondary N) is 1. The third-order valence-electron chi connectivity index (χ3n) is 6.43. The first kappa shape index (κ1) is 18.7. The Kier molecular flexibility index (Phi) is 5.15. The Bertz CT molecular complexity index is 747. The maximum absolute atomic E-state index is 12.8. The van der Waals surface area contributed by atoms with Crippen molar-refractivity contribution in [1.82, 2.24) is 10.2 Å². The van der Waals surface area contributed by atoms with Gasteiger partial charge in [0.2, 0.25) is 0 Å². The van der Waals surface area contributed by atoms with E-state index < -0.39 is 0 Å². The lowest BCUT2D eigenvalue weighted by Gasteiger charge is -2.45. The monoisotopic (exact) mass is 386 g/mol. The van der Waals surface area contributed by atoms with Gasteiger partial charge in [-0.1, -0.05) is 25.3 Å². The van der Waals surface area contributed by atoms with Crippen LogP contribution in [0.4, 0.5) is 0 Å². The summed E-state index contributed by atoms with van der Waals surface area (Å²) in [7, 11) is 0. The zero-order valence-electron chi connectivity index (χ0n) is 16.5. The number of ether oxygens (including phenoxy) is 1. The van der Waals surface area contributed by atoms with Crippen LogP contribution in [0.2, 0.25) is 0 Å². The molecule has 4 rings (SSSR count). The van der Waals surface area contributed by atoms with Gasteiger partial charge in [0.15, 0.2) is 10.9 Å². The molecule has 1 aromatic rings. The van der Waals surface area contributed by atoms with Gasteiger partial charge in [0, 0.05) is 32.0 Å². The number of hydrogen-bond acceptors (Lipinski definition) is 3. The number of carbonyl (C=O) groups excluding carboxylic acids is 1. The quantitative estimate of drug-likeness (QED) is 0.729. The largest absolute Gasteiger partial charge is 0.486 e. The van der Waals surface area contributed by atoms with Crippen LogP contribution in [0.1, 0.15) is 72.9 Å². The Morgan fingerprint density at radius 1 is 1.19 bits per heavy atom. The van der Waals surface area contributed by atoms with E-state index in [1.165, 1.54) is 32.1 Å². The molecule has 0 amide bonds. The fourth-order valence-corrected chi connectivity index (χ4v) is 5.28. The highest BCUT2D eigenvalue weighted by molar-refractivity contribution is 7.80. The summed E-state index contributed by atoms with van der Waals surface area (Å²) >= 11 is 5.67. The highest BCUT2D eigenvalue weighted by Gasteiger charge is 2.43. The van der Waals surface area contributed by atoms with E-state index >= 15 is 0 Å². The van der Waals surface area contributed by atoms with Crippen molar-refractivity contribution in [3.8, 4) is 5.75 Å². The lowest BCUT2D eigenvalue weighted by Crippen LogP contribution is -2.55. The number of Topliss-reactive ketones (excluding diaryl/α,β-unsaturated/α-hetero) is 1. The summed E-state index contributed by atoms with van der Waals surface area (Å²) in [4.78, 5) is 15.1. The SMILES string of the molecule is Cc1cc(C)c2c(c1)OC1(CCN(C(=S)NC3CCCCC3)CC1)CC2=O. The Morgan fingerprint density at radius 3 is 2.59 bits per heavy atom. The third-order valence-corrected chi connectivity index (χ3v) is 6.80. The van der Waals surface area contributed by atoms with Crippen LogP contribution in [0.25, 0.3) is 0 Å². The number of thiocarbonyl (C=S) groups is 1. The third kappa shape index (κ3) is 3.84. The van der Waals surface area contributed by atoms with E-state index in [9.17, 15) is 4.79 Å². The smallest absolute Gasteiger partial charge is 0.170 e. The molecule has 0 atom stereocenters. The second-order valence-corrected chi connectivity index (χ2v) is 9.00. The predicted octanol–water partition coefficient (Wildman–Crippen LogP) is 4.31. The Hall–Kier alpha value is -1.62. The van der Waals surface area contributed by atoms with Crippen molar-refractivity contribution in [3.05, 3.63) is 28.8 Å². The van der Waals surface area contributed by atoms with E-state index in [1.807, 2.05) is 13.0 Å². The summed E-state index contributed by atoms with van der Waals surface area (Å²) < 4.78 is 6.46. The van der Waals surface area contributed by atoms with E-state index in [0.717, 1.165) is 53.5 Å². The Labute approximate surface area is 167 Å². The summed E-state index contributed by atoms with van der Waals surface area (Å²) in [6, 6.07) is 4.62. The van der Waals surface area contributed by atoms with Gasteiger partial charge in [0.05, 0.1) is 12.0 Å². The average molecular weight is 387 g/mol. The molecule has 0 bridgehead atoms. The first-order valence-electron chi connectivity index (χ1n) is 10.3. The molecule has 0 aromatic heterocycles. The van der Waals surface area contributed by atoms with Crippen molar-refractivity contribution in [2.45, 2.75) is 76.9 Å². The molecule has 27 heavy (non-hydrogen) atoms. The first-order chi connectivity index (χ1) is 13.0. The summed E-state index contributed by atoms with van der Waals surface area (Å²) in [5.74, 6) is 1.00. The van der Waals surface area contributed by atoms with Crippen molar-refractivity contribution < 1.29 is 9.53 Å². The van der Waals surface area contributed by atoms with Crippen LogP contribution in [0, 0.1) is 13.8 Å². The lowest BCUT2D eigenvalue weighted by atomic mass is 9.81. The van der Waals surface area contributed by atoms with Crippen molar-refractivity contribution in [3.63, 3.8) is 0 Å². The maximum Gasteiger partial charge on any atom is 0.170 e. The molecule has 2 aliphatic heterocycles. The molecule has 1 aliphatic carbocycles. The molecule has 0 unspecified atom stereocenters. The van der Waals surface area contributed by atoms with E-state index in [2.05, 4.69) is 23.2 Å². The molecule has 0 radical (unpaired) electrons. The number of carbonyl (C=O) groups is 1. The molecule has 1 aromatic carbocycles. The van der Waals surface area contributed by atoms with Crippen LogP contribution in [0.5, 0.6) is 5.75 Å². The molecule has 1 N–H and O–H groups in total. The highest BCUT2D eigenvalue weighted by Crippen LogP contribution is 2.41. The Balaban J connectivity index is 1.41. The summed E-state index contributed by atoms with van der Waals surface area (Å²) in [6.45, 7) is 5.77. The summed E-state index contributed by atoms with van der Waals surface area (Å²) in [6.07, 6.45) is 8.59. The molecule has 1 spiro atoms. The number of rotatable bonds is 1. The molecule has 146 valence electrons. The van der Waals surface area contributed by atoms with Crippen LogP contribution >= 0.6 is 12.2 Å². The van der Waals surface area contributed by atoms with Gasteiger partial charge >= 0.3 is 0 Å². The molecule has 1 saturated heterocycles. The number of ketones is 1. The van der Waals surface area contributed by atoms with Gasteiger partial charge in [0.25, 0.3) is 0 Å². The highest BCUT2D eigenvalue weighted by atomic mass is 32.1. The molecule has 2 heterocycles.